The average molecular weight is 439 g/mol. The summed E-state index contributed by atoms with van der Waals surface area (Å²) in [4.78, 5) is 14.2. The molecule has 3 aromatic rings. The SMILES string of the molecule is C/C(=N/Nc1ccc([N+](=O)[O-])cc1S(=O)(=O)Nc1ccc(C)cc1C)c1ccncc1. The van der Waals surface area contributed by atoms with Crippen LogP contribution in [-0.4, -0.2) is 24.0 Å². The van der Waals surface area contributed by atoms with E-state index in [1.165, 1.54) is 12.1 Å². The van der Waals surface area contributed by atoms with E-state index in [9.17, 15) is 18.5 Å². The average Bonchev–Trinajstić information content (AvgIpc) is 2.74. The summed E-state index contributed by atoms with van der Waals surface area (Å²) in [5.41, 5.74) is 5.97. The molecule has 2 aromatic carbocycles. The maximum atomic E-state index is 13.1. The number of pyridine rings is 1. The van der Waals surface area contributed by atoms with Crippen molar-refractivity contribution in [1.82, 2.24) is 4.98 Å². The number of nitrogens with zero attached hydrogens (tertiary/aromatic N) is 3. The van der Waals surface area contributed by atoms with Gasteiger partial charge < -0.3 is 0 Å². The first kappa shape index (κ1) is 21.9. The molecule has 31 heavy (non-hydrogen) atoms. The second kappa shape index (κ2) is 8.92. The number of aryl methyl sites for hydroxylation is 2. The van der Waals surface area contributed by atoms with Gasteiger partial charge in [-0.25, -0.2) is 8.42 Å². The number of benzene rings is 2. The molecular weight excluding hydrogens is 418 g/mol. The van der Waals surface area contributed by atoms with Crippen LogP contribution in [-0.2, 0) is 10.0 Å². The number of hydrogen-bond donors (Lipinski definition) is 2. The Hall–Kier alpha value is -3.79. The van der Waals surface area contributed by atoms with Gasteiger partial charge in [0.1, 0.15) is 4.90 Å². The molecule has 1 aromatic heterocycles. The van der Waals surface area contributed by atoms with Crippen molar-refractivity contribution in [2.45, 2.75) is 25.7 Å². The van der Waals surface area contributed by atoms with E-state index in [1.54, 1.807) is 50.5 Å². The topological polar surface area (TPSA) is 127 Å². The van der Waals surface area contributed by atoms with Crippen molar-refractivity contribution in [2.75, 3.05) is 10.1 Å². The van der Waals surface area contributed by atoms with Crippen molar-refractivity contribution in [3.05, 3.63) is 87.7 Å². The lowest BCUT2D eigenvalue weighted by atomic mass is 10.1. The van der Waals surface area contributed by atoms with Gasteiger partial charge in [-0.05, 0) is 50.6 Å². The molecule has 1 heterocycles. The van der Waals surface area contributed by atoms with E-state index in [-0.39, 0.29) is 16.3 Å². The summed E-state index contributed by atoms with van der Waals surface area (Å²) in [7, 11) is -4.14. The molecule has 0 saturated carbocycles. The van der Waals surface area contributed by atoms with E-state index in [0.29, 0.717) is 11.4 Å². The van der Waals surface area contributed by atoms with Gasteiger partial charge >= 0.3 is 0 Å². The summed E-state index contributed by atoms with van der Waals surface area (Å²) in [6.07, 6.45) is 3.23. The van der Waals surface area contributed by atoms with Crippen molar-refractivity contribution < 1.29 is 13.3 Å². The van der Waals surface area contributed by atoms with Crippen LogP contribution >= 0.6 is 0 Å². The number of hydrogen-bond acceptors (Lipinski definition) is 7. The fourth-order valence-electron chi connectivity index (χ4n) is 2.87. The Morgan fingerprint density at radius 1 is 1.03 bits per heavy atom. The molecule has 2 N–H and O–H groups in total. The van der Waals surface area contributed by atoms with Crippen molar-refractivity contribution in [2.24, 2.45) is 5.10 Å². The van der Waals surface area contributed by atoms with Crippen LogP contribution in [0, 0.1) is 24.0 Å². The Morgan fingerprint density at radius 2 is 1.71 bits per heavy atom. The number of sulfonamides is 1. The molecule has 160 valence electrons. The van der Waals surface area contributed by atoms with Gasteiger partial charge in [-0.15, -0.1) is 0 Å². The van der Waals surface area contributed by atoms with Crippen LogP contribution in [0.15, 0.2) is 70.9 Å². The molecule has 0 saturated heterocycles. The van der Waals surface area contributed by atoms with Gasteiger partial charge in [0.05, 0.1) is 22.0 Å². The zero-order chi connectivity index (χ0) is 22.6. The summed E-state index contributed by atoms with van der Waals surface area (Å²) in [5, 5.41) is 15.5. The first-order valence-electron chi connectivity index (χ1n) is 9.26. The molecule has 0 spiro atoms. The smallest absolute Gasteiger partial charge is 0.270 e. The van der Waals surface area contributed by atoms with Gasteiger partial charge in [0, 0.05) is 30.1 Å². The Bertz CT molecular complexity index is 1260. The van der Waals surface area contributed by atoms with Gasteiger partial charge in [-0.2, -0.15) is 5.10 Å². The maximum absolute atomic E-state index is 13.1. The third kappa shape index (κ3) is 5.23. The fraction of sp³-hybridized carbons (Fsp3) is 0.143. The summed E-state index contributed by atoms with van der Waals surface area (Å²) in [5.74, 6) is 0. The van der Waals surface area contributed by atoms with E-state index < -0.39 is 14.9 Å². The second-order valence-electron chi connectivity index (χ2n) is 6.91. The minimum atomic E-state index is -4.14. The normalized spacial score (nSPS) is 11.8. The fourth-order valence-corrected chi connectivity index (χ4v) is 4.18. The van der Waals surface area contributed by atoms with Crippen LogP contribution in [0.5, 0.6) is 0 Å². The van der Waals surface area contributed by atoms with Gasteiger partial charge in [0.25, 0.3) is 15.7 Å². The Labute approximate surface area is 180 Å². The van der Waals surface area contributed by atoms with Gasteiger partial charge in [-0.1, -0.05) is 17.7 Å². The van der Waals surface area contributed by atoms with Gasteiger partial charge in [-0.3, -0.25) is 25.2 Å². The quantitative estimate of drug-likeness (QED) is 0.322. The zero-order valence-electron chi connectivity index (χ0n) is 17.2. The van der Waals surface area contributed by atoms with Crippen molar-refractivity contribution in [3.8, 4) is 0 Å². The molecule has 10 heteroatoms. The van der Waals surface area contributed by atoms with Crippen molar-refractivity contribution in [3.63, 3.8) is 0 Å². The number of nitro benzene ring substituents is 1. The highest BCUT2D eigenvalue weighted by molar-refractivity contribution is 7.92. The Morgan fingerprint density at radius 3 is 2.35 bits per heavy atom. The van der Waals surface area contributed by atoms with Crippen LogP contribution in [0.3, 0.4) is 0 Å². The molecule has 0 atom stereocenters. The predicted octanol–water partition coefficient (Wildman–Crippen LogP) is 4.24. The number of nitro groups is 1. The number of aromatic nitrogens is 1. The highest BCUT2D eigenvalue weighted by atomic mass is 32.2. The first-order valence-corrected chi connectivity index (χ1v) is 10.7. The molecule has 0 bridgehead atoms. The van der Waals surface area contributed by atoms with Crippen LogP contribution < -0.4 is 10.1 Å². The van der Waals surface area contributed by atoms with Crippen LogP contribution in [0.4, 0.5) is 17.1 Å². The Kier molecular flexibility index (Phi) is 6.30. The lowest BCUT2D eigenvalue weighted by Crippen LogP contribution is -2.16. The van der Waals surface area contributed by atoms with Crippen molar-refractivity contribution in [1.29, 1.82) is 0 Å². The monoisotopic (exact) mass is 439 g/mol. The van der Waals surface area contributed by atoms with Gasteiger partial charge in [0.15, 0.2) is 0 Å². The molecule has 0 aliphatic heterocycles. The lowest BCUT2D eigenvalue weighted by molar-refractivity contribution is -0.385. The van der Waals surface area contributed by atoms with E-state index in [2.05, 4.69) is 20.2 Å². The standard InChI is InChI=1S/C21H21N5O4S/c1-14-4-6-19(15(2)12-14)25-31(29,30)21-13-18(26(27)28)5-7-20(21)24-23-16(3)17-8-10-22-11-9-17/h4-13,24-25H,1-3H3/b23-16-. The number of rotatable bonds is 7. The van der Waals surface area contributed by atoms with Gasteiger partial charge in [0.2, 0.25) is 0 Å². The molecule has 0 unspecified atom stereocenters. The molecule has 0 aliphatic carbocycles. The van der Waals surface area contributed by atoms with Crippen LogP contribution in [0.1, 0.15) is 23.6 Å². The predicted molar refractivity (Wildman–Crippen MR) is 120 cm³/mol. The molecule has 0 radical (unpaired) electrons. The third-order valence-corrected chi connectivity index (χ3v) is 5.94. The molecule has 9 nitrogen and oxygen atoms in total. The Balaban J connectivity index is 2.00. The van der Waals surface area contributed by atoms with E-state index >= 15 is 0 Å². The number of nitrogens with one attached hydrogen (secondary N) is 2. The zero-order valence-corrected chi connectivity index (χ0v) is 18.0. The van der Waals surface area contributed by atoms with E-state index in [4.69, 9.17) is 0 Å². The highest BCUT2D eigenvalue weighted by Crippen LogP contribution is 2.29. The summed E-state index contributed by atoms with van der Waals surface area (Å²) in [6, 6.07) is 12.3. The maximum Gasteiger partial charge on any atom is 0.270 e. The minimum absolute atomic E-state index is 0.108. The minimum Gasteiger partial charge on any atom is -0.279 e. The van der Waals surface area contributed by atoms with Crippen LogP contribution in [0.25, 0.3) is 0 Å². The van der Waals surface area contributed by atoms with Crippen LogP contribution in [0.2, 0.25) is 0 Å². The largest absolute Gasteiger partial charge is 0.279 e. The molecule has 0 amide bonds. The molecule has 0 fully saturated rings. The molecule has 0 aliphatic rings. The summed E-state index contributed by atoms with van der Waals surface area (Å²) >= 11 is 0. The summed E-state index contributed by atoms with van der Waals surface area (Å²) in [6.45, 7) is 5.42. The number of hydrazone groups is 1. The second-order valence-corrected chi connectivity index (χ2v) is 8.56. The highest BCUT2D eigenvalue weighted by Gasteiger charge is 2.23. The number of non-ortho nitro benzene ring substituents is 1. The third-order valence-electron chi connectivity index (χ3n) is 4.53. The molecule has 3 rings (SSSR count). The number of anilines is 2. The first-order chi connectivity index (χ1) is 14.7. The lowest BCUT2D eigenvalue weighted by Gasteiger charge is -2.14. The van der Waals surface area contributed by atoms with E-state index in [1.807, 2.05) is 13.0 Å². The summed E-state index contributed by atoms with van der Waals surface area (Å²) < 4.78 is 28.7. The molecular formula is C21H21N5O4S. The van der Waals surface area contributed by atoms with E-state index in [0.717, 1.165) is 22.8 Å². The van der Waals surface area contributed by atoms with Crippen molar-refractivity contribution >= 4 is 32.8 Å².